The van der Waals surface area contributed by atoms with Crippen molar-refractivity contribution >= 4 is 5.91 Å². The Balaban J connectivity index is 3.72. The molecule has 0 spiro atoms. The average Bonchev–Trinajstić information content (AvgIpc) is 1.98. The molecule has 1 amide bonds. The van der Waals surface area contributed by atoms with Gasteiger partial charge in [0.1, 0.15) is 6.17 Å². The van der Waals surface area contributed by atoms with Crippen LogP contribution >= 0.6 is 0 Å². The van der Waals surface area contributed by atoms with E-state index in [1.54, 1.807) is 0 Å². The lowest BCUT2D eigenvalue weighted by Gasteiger charge is -2.15. The molecule has 0 aromatic heterocycles. The average molecular weight is 176 g/mol. The largest absolute Gasteiger partial charge is 0.352 e. The van der Waals surface area contributed by atoms with Crippen LogP contribution in [0.3, 0.4) is 0 Å². The van der Waals surface area contributed by atoms with Gasteiger partial charge < -0.3 is 11.1 Å². The topological polar surface area (TPSA) is 55.1 Å². The fraction of sp³-hybridized carbons (Fsp3) is 0.875. The molecule has 0 bridgehead atoms. The standard InChI is InChI=1S/C8H17FN2O/c1-5(2)7(10)8(12)11-4-6(3)9/h5-7H,4,10H2,1-3H3,(H,11,12)/t6?,7-/m1/s1. The SMILES string of the molecule is CC(F)CNC(=O)[C@H](N)C(C)C. The van der Waals surface area contributed by atoms with Gasteiger partial charge in [-0.1, -0.05) is 13.8 Å². The zero-order valence-corrected chi connectivity index (χ0v) is 7.80. The predicted octanol–water partition coefficient (Wildman–Crippen LogP) is 0.444. The van der Waals surface area contributed by atoms with Crippen molar-refractivity contribution in [2.75, 3.05) is 6.54 Å². The number of hydrogen-bond acceptors (Lipinski definition) is 2. The Morgan fingerprint density at radius 3 is 2.33 bits per heavy atom. The van der Waals surface area contributed by atoms with Gasteiger partial charge in [-0.3, -0.25) is 4.79 Å². The second kappa shape index (κ2) is 5.09. The lowest BCUT2D eigenvalue weighted by atomic mass is 10.1. The summed E-state index contributed by atoms with van der Waals surface area (Å²) in [5.74, 6) is -0.200. The zero-order chi connectivity index (χ0) is 9.72. The molecule has 0 saturated heterocycles. The third-order valence-corrected chi connectivity index (χ3v) is 1.58. The van der Waals surface area contributed by atoms with Crippen LogP contribution in [0.15, 0.2) is 0 Å². The van der Waals surface area contributed by atoms with Crippen molar-refractivity contribution in [1.82, 2.24) is 5.32 Å². The van der Waals surface area contributed by atoms with Crippen molar-refractivity contribution in [3.8, 4) is 0 Å². The van der Waals surface area contributed by atoms with Crippen LogP contribution in [-0.2, 0) is 4.79 Å². The minimum absolute atomic E-state index is 0.0409. The molecule has 0 aliphatic carbocycles. The minimum Gasteiger partial charge on any atom is -0.352 e. The predicted molar refractivity (Wildman–Crippen MR) is 46.4 cm³/mol. The Morgan fingerprint density at radius 1 is 1.50 bits per heavy atom. The molecule has 0 radical (unpaired) electrons. The highest BCUT2D eigenvalue weighted by Gasteiger charge is 2.16. The van der Waals surface area contributed by atoms with Crippen LogP contribution in [0.4, 0.5) is 4.39 Å². The van der Waals surface area contributed by atoms with Crippen molar-refractivity contribution in [2.24, 2.45) is 11.7 Å². The third kappa shape index (κ3) is 4.28. The van der Waals surface area contributed by atoms with Crippen LogP contribution in [0.1, 0.15) is 20.8 Å². The van der Waals surface area contributed by atoms with Crippen molar-refractivity contribution in [3.63, 3.8) is 0 Å². The van der Waals surface area contributed by atoms with E-state index in [1.807, 2.05) is 13.8 Å². The molecule has 72 valence electrons. The van der Waals surface area contributed by atoms with Gasteiger partial charge in [0.05, 0.1) is 6.04 Å². The molecule has 0 fully saturated rings. The number of nitrogens with two attached hydrogens (primary N) is 1. The lowest BCUT2D eigenvalue weighted by molar-refractivity contribution is -0.123. The number of carbonyl (C=O) groups excluding carboxylic acids is 1. The Morgan fingerprint density at radius 2 is 2.00 bits per heavy atom. The van der Waals surface area contributed by atoms with E-state index in [2.05, 4.69) is 5.32 Å². The number of alkyl halides is 1. The molecule has 0 rings (SSSR count). The second-order valence-electron chi connectivity index (χ2n) is 3.30. The molecule has 2 atom stereocenters. The van der Waals surface area contributed by atoms with Crippen LogP contribution in [0.5, 0.6) is 0 Å². The summed E-state index contributed by atoms with van der Waals surface area (Å²) in [6, 6.07) is -0.538. The molecule has 4 heteroatoms. The summed E-state index contributed by atoms with van der Waals surface area (Å²) in [7, 11) is 0. The van der Waals surface area contributed by atoms with Gasteiger partial charge in [0.25, 0.3) is 0 Å². The van der Waals surface area contributed by atoms with E-state index in [0.29, 0.717) is 0 Å². The van der Waals surface area contributed by atoms with Crippen LogP contribution < -0.4 is 11.1 Å². The monoisotopic (exact) mass is 176 g/mol. The van der Waals surface area contributed by atoms with E-state index in [9.17, 15) is 9.18 Å². The van der Waals surface area contributed by atoms with Gasteiger partial charge in [-0.05, 0) is 12.8 Å². The maximum Gasteiger partial charge on any atom is 0.237 e. The number of rotatable bonds is 4. The fourth-order valence-electron chi connectivity index (χ4n) is 0.662. The molecule has 1 unspecified atom stereocenters. The van der Waals surface area contributed by atoms with Crippen molar-refractivity contribution in [3.05, 3.63) is 0 Å². The van der Waals surface area contributed by atoms with Crippen LogP contribution in [0, 0.1) is 5.92 Å². The summed E-state index contributed by atoms with van der Waals surface area (Å²) in [4.78, 5) is 11.1. The quantitative estimate of drug-likeness (QED) is 0.653. The summed E-state index contributed by atoms with van der Waals surface area (Å²) in [6.45, 7) is 5.13. The molecule has 3 nitrogen and oxygen atoms in total. The molecule has 3 N–H and O–H groups in total. The van der Waals surface area contributed by atoms with Gasteiger partial charge in [0.2, 0.25) is 5.91 Å². The highest BCUT2D eigenvalue weighted by molar-refractivity contribution is 5.81. The summed E-state index contributed by atoms with van der Waals surface area (Å²) >= 11 is 0. The summed E-state index contributed by atoms with van der Waals surface area (Å²) in [6.07, 6.45) is -1.02. The number of nitrogens with one attached hydrogen (secondary N) is 1. The van der Waals surface area contributed by atoms with Gasteiger partial charge in [0.15, 0.2) is 0 Å². The molecule has 0 aliphatic rings. The smallest absolute Gasteiger partial charge is 0.237 e. The minimum atomic E-state index is -1.02. The van der Waals surface area contributed by atoms with Gasteiger partial charge >= 0.3 is 0 Å². The van der Waals surface area contributed by atoms with Crippen molar-refractivity contribution in [2.45, 2.75) is 33.0 Å². The number of hydrogen-bond donors (Lipinski definition) is 2. The lowest BCUT2D eigenvalue weighted by Crippen LogP contribution is -2.45. The Kier molecular flexibility index (Phi) is 4.81. The van der Waals surface area contributed by atoms with E-state index in [1.165, 1.54) is 6.92 Å². The molecule has 0 aromatic rings. The molecule has 0 saturated carbocycles. The first kappa shape index (κ1) is 11.4. The van der Waals surface area contributed by atoms with E-state index in [0.717, 1.165) is 0 Å². The van der Waals surface area contributed by atoms with E-state index >= 15 is 0 Å². The third-order valence-electron chi connectivity index (χ3n) is 1.58. The summed E-state index contributed by atoms with van der Waals surface area (Å²) in [5.41, 5.74) is 5.51. The van der Waals surface area contributed by atoms with Crippen molar-refractivity contribution < 1.29 is 9.18 Å². The van der Waals surface area contributed by atoms with E-state index < -0.39 is 12.2 Å². The maximum atomic E-state index is 12.3. The first-order chi connectivity index (χ1) is 5.45. The number of carbonyl (C=O) groups is 1. The first-order valence-electron chi connectivity index (χ1n) is 4.12. The van der Waals surface area contributed by atoms with E-state index in [4.69, 9.17) is 5.73 Å². The van der Waals surface area contributed by atoms with Crippen LogP contribution in [0.2, 0.25) is 0 Å². The highest BCUT2D eigenvalue weighted by atomic mass is 19.1. The van der Waals surface area contributed by atoms with E-state index in [-0.39, 0.29) is 18.4 Å². The highest BCUT2D eigenvalue weighted by Crippen LogP contribution is 1.97. The summed E-state index contributed by atoms with van der Waals surface area (Å²) < 4.78 is 12.3. The molecule has 0 heterocycles. The second-order valence-corrected chi connectivity index (χ2v) is 3.30. The Hall–Kier alpha value is -0.640. The number of amides is 1. The normalized spacial score (nSPS) is 15.8. The fourth-order valence-corrected chi connectivity index (χ4v) is 0.662. The van der Waals surface area contributed by atoms with Crippen LogP contribution in [-0.4, -0.2) is 24.7 Å². The maximum absolute atomic E-state index is 12.3. The first-order valence-corrected chi connectivity index (χ1v) is 4.12. The van der Waals surface area contributed by atoms with Gasteiger partial charge in [-0.25, -0.2) is 4.39 Å². The molecular formula is C8H17FN2O. The molecule has 12 heavy (non-hydrogen) atoms. The van der Waals surface area contributed by atoms with Crippen molar-refractivity contribution in [1.29, 1.82) is 0 Å². The van der Waals surface area contributed by atoms with Gasteiger partial charge in [0, 0.05) is 6.54 Å². The summed E-state index contributed by atoms with van der Waals surface area (Å²) in [5, 5.41) is 2.42. The zero-order valence-electron chi connectivity index (χ0n) is 7.80. The van der Waals surface area contributed by atoms with Gasteiger partial charge in [-0.15, -0.1) is 0 Å². The molecular weight excluding hydrogens is 159 g/mol. The van der Waals surface area contributed by atoms with Crippen LogP contribution in [0.25, 0.3) is 0 Å². The Bertz CT molecular complexity index is 148. The van der Waals surface area contributed by atoms with Gasteiger partial charge in [-0.2, -0.15) is 0 Å². The molecule has 0 aliphatic heterocycles. The Labute approximate surface area is 72.5 Å². The molecule has 0 aromatic carbocycles. The number of halogens is 1.